The minimum atomic E-state index is -0.804. The van der Waals surface area contributed by atoms with Gasteiger partial charge in [0.25, 0.3) is 0 Å². The predicted octanol–water partition coefficient (Wildman–Crippen LogP) is 2.27. The Labute approximate surface area is 133 Å². The molecule has 2 heterocycles. The molecule has 3 aromatic rings. The maximum absolute atomic E-state index is 10.6. The standard InChI is InChI=1S/C17H18N4O2/c22-16(12-6-2-1-3-7-12)17-19-18-11-21(17)10-14-13-8-4-5-9-15(13)23-20-14/h1-3,6-7,11,16,22H,4-5,8-10H2/t16-/m0/s1. The summed E-state index contributed by atoms with van der Waals surface area (Å²) < 4.78 is 7.29. The van der Waals surface area contributed by atoms with Gasteiger partial charge < -0.3 is 14.2 Å². The van der Waals surface area contributed by atoms with Crippen molar-refractivity contribution < 1.29 is 9.63 Å². The highest BCUT2D eigenvalue weighted by Gasteiger charge is 2.22. The van der Waals surface area contributed by atoms with Gasteiger partial charge in [-0.15, -0.1) is 10.2 Å². The van der Waals surface area contributed by atoms with Crippen molar-refractivity contribution in [1.82, 2.24) is 19.9 Å². The van der Waals surface area contributed by atoms with E-state index in [9.17, 15) is 5.11 Å². The van der Waals surface area contributed by atoms with Gasteiger partial charge in [0.05, 0.1) is 6.54 Å². The molecule has 0 aliphatic heterocycles. The van der Waals surface area contributed by atoms with Crippen molar-refractivity contribution in [2.45, 2.75) is 38.3 Å². The zero-order valence-electron chi connectivity index (χ0n) is 12.7. The van der Waals surface area contributed by atoms with Crippen LogP contribution in [0.25, 0.3) is 0 Å². The van der Waals surface area contributed by atoms with Gasteiger partial charge in [-0.1, -0.05) is 35.5 Å². The number of aliphatic hydroxyl groups is 1. The highest BCUT2D eigenvalue weighted by atomic mass is 16.5. The van der Waals surface area contributed by atoms with Crippen LogP contribution in [-0.4, -0.2) is 25.0 Å². The van der Waals surface area contributed by atoms with E-state index < -0.39 is 6.10 Å². The maximum atomic E-state index is 10.6. The molecule has 0 spiro atoms. The Kier molecular flexibility index (Phi) is 3.67. The van der Waals surface area contributed by atoms with Gasteiger partial charge >= 0.3 is 0 Å². The lowest BCUT2D eigenvalue weighted by atomic mass is 9.96. The molecule has 6 nitrogen and oxygen atoms in total. The number of hydrogen-bond donors (Lipinski definition) is 1. The molecule has 1 aliphatic rings. The summed E-state index contributed by atoms with van der Waals surface area (Å²) in [5, 5.41) is 22.8. The molecular weight excluding hydrogens is 292 g/mol. The van der Waals surface area contributed by atoms with E-state index in [1.54, 1.807) is 6.33 Å². The van der Waals surface area contributed by atoms with Gasteiger partial charge in [0.1, 0.15) is 23.9 Å². The Hall–Kier alpha value is -2.47. The molecule has 0 radical (unpaired) electrons. The fourth-order valence-electron chi connectivity index (χ4n) is 3.12. The highest BCUT2D eigenvalue weighted by Crippen LogP contribution is 2.26. The third-order valence-corrected chi connectivity index (χ3v) is 4.36. The minimum Gasteiger partial charge on any atom is -0.380 e. The first kappa shape index (κ1) is 14.1. The number of aliphatic hydroxyl groups excluding tert-OH is 1. The maximum Gasteiger partial charge on any atom is 0.166 e. The van der Waals surface area contributed by atoms with E-state index in [1.807, 2.05) is 34.9 Å². The predicted molar refractivity (Wildman–Crippen MR) is 82.8 cm³/mol. The zero-order chi connectivity index (χ0) is 15.6. The Morgan fingerprint density at radius 2 is 2.00 bits per heavy atom. The average Bonchev–Trinajstić information content (AvgIpc) is 3.23. The summed E-state index contributed by atoms with van der Waals surface area (Å²) in [5.74, 6) is 1.52. The van der Waals surface area contributed by atoms with Crippen LogP contribution in [-0.2, 0) is 19.4 Å². The molecule has 1 atom stereocenters. The molecule has 0 unspecified atom stereocenters. The summed E-state index contributed by atoms with van der Waals surface area (Å²) in [5.41, 5.74) is 2.93. The van der Waals surface area contributed by atoms with Gasteiger partial charge in [-0.05, 0) is 24.8 Å². The molecule has 23 heavy (non-hydrogen) atoms. The summed E-state index contributed by atoms with van der Waals surface area (Å²) in [7, 11) is 0. The molecule has 0 bridgehead atoms. The average molecular weight is 310 g/mol. The van der Waals surface area contributed by atoms with E-state index >= 15 is 0 Å². The number of hydrogen-bond acceptors (Lipinski definition) is 5. The third kappa shape index (κ3) is 2.66. The summed E-state index contributed by atoms with van der Waals surface area (Å²) in [6.07, 6.45) is 5.12. The zero-order valence-corrected chi connectivity index (χ0v) is 12.7. The monoisotopic (exact) mass is 310 g/mol. The van der Waals surface area contributed by atoms with Crippen LogP contribution in [0.4, 0.5) is 0 Å². The smallest absolute Gasteiger partial charge is 0.166 e. The number of fused-ring (bicyclic) bond motifs is 1. The van der Waals surface area contributed by atoms with Gasteiger partial charge in [0.15, 0.2) is 5.82 Å². The quantitative estimate of drug-likeness (QED) is 0.800. The van der Waals surface area contributed by atoms with E-state index in [-0.39, 0.29) is 0 Å². The van der Waals surface area contributed by atoms with E-state index in [1.165, 1.54) is 12.0 Å². The Balaban J connectivity index is 1.62. The largest absolute Gasteiger partial charge is 0.380 e. The molecule has 2 aromatic heterocycles. The lowest BCUT2D eigenvalue weighted by molar-refractivity contribution is 0.204. The number of nitrogens with zero attached hydrogens (tertiary/aromatic N) is 4. The fraction of sp³-hybridized carbons (Fsp3) is 0.353. The van der Waals surface area contributed by atoms with Gasteiger partial charge in [-0.3, -0.25) is 0 Å². The van der Waals surface area contributed by atoms with E-state index in [0.717, 1.165) is 36.3 Å². The summed E-state index contributed by atoms with van der Waals surface area (Å²) in [4.78, 5) is 0. The Morgan fingerprint density at radius 3 is 2.87 bits per heavy atom. The second-order valence-electron chi connectivity index (χ2n) is 5.87. The molecule has 6 heteroatoms. The minimum absolute atomic E-state index is 0.517. The molecule has 0 fully saturated rings. The van der Waals surface area contributed by atoms with Crippen molar-refractivity contribution >= 4 is 0 Å². The highest BCUT2D eigenvalue weighted by molar-refractivity contribution is 5.27. The number of aryl methyl sites for hydroxylation is 1. The Bertz CT molecular complexity index is 794. The van der Waals surface area contributed by atoms with Crippen LogP contribution < -0.4 is 0 Å². The first-order valence-corrected chi connectivity index (χ1v) is 7.90. The van der Waals surface area contributed by atoms with Gasteiger partial charge in [-0.2, -0.15) is 0 Å². The van der Waals surface area contributed by atoms with Crippen molar-refractivity contribution in [3.8, 4) is 0 Å². The second-order valence-corrected chi connectivity index (χ2v) is 5.87. The van der Waals surface area contributed by atoms with Gasteiger partial charge in [-0.25, -0.2) is 0 Å². The van der Waals surface area contributed by atoms with Crippen LogP contribution in [0.2, 0.25) is 0 Å². The molecule has 4 rings (SSSR count). The van der Waals surface area contributed by atoms with Crippen LogP contribution in [0.3, 0.4) is 0 Å². The Morgan fingerprint density at radius 1 is 1.17 bits per heavy atom. The molecule has 0 saturated heterocycles. The fourth-order valence-corrected chi connectivity index (χ4v) is 3.12. The van der Waals surface area contributed by atoms with Gasteiger partial charge in [0, 0.05) is 12.0 Å². The van der Waals surface area contributed by atoms with Crippen LogP contribution in [0, 0.1) is 0 Å². The lowest BCUT2D eigenvalue weighted by Gasteiger charge is -2.13. The van der Waals surface area contributed by atoms with E-state index in [0.29, 0.717) is 12.4 Å². The second kappa shape index (κ2) is 5.96. The summed E-state index contributed by atoms with van der Waals surface area (Å²) in [6, 6.07) is 9.46. The van der Waals surface area contributed by atoms with Crippen molar-refractivity contribution in [2.75, 3.05) is 0 Å². The van der Waals surface area contributed by atoms with Crippen LogP contribution in [0.1, 0.15) is 47.4 Å². The first-order chi connectivity index (χ1) is 11.3. The molecule has 0 saturated carbocycles. The topological polar surface area (TPSA) is 77.0 Å². The van der Waals surface area contributed by atoms with Crippen LogP contribution >= 0.6 is 0 Å². The van der Waals surface area contributed by atoms with Crippen molar-refractivity contribution in [3.63, 3.8) is 0 Å². The SMILES string of the molecule is O[C@@H](c1ccccc1)c1nncn1Cc1noc2c1CCCC2. The number of rotatable bonds is 4. The number of aromatic nitrogens is 4. The third-order valence-electron chi connectivity index (χ3n) is 4.36. The van der Waals surface area contributed by atoms with Crippen LogP contribution in [0.5, 0.6) is 0 Å². The first-order valence-electron chi connectivity index (χ1n) is 7.90. The molecule has 0 amide bonds. The molecule has 118 valence electrons. The lowest BCUT2D eigenvalue weighted by Crippen LogP contribution is -2.12. The van der Waals surface area contributed by atoms with Crippen LogP contribution in [0.15, 0.2) is 41.2 Å². The molecule has 1 aliphatic carbocycles. The van der Waals surface area contributed by atoms with E-state index in [2.05, 4.69) is 15.4 Å². The number of benzene rings is 1. The van der Waals surface area contributed by atoms with E-state index in [4.69, 9.17) is 4.52 Å². The van der Waals surface area contributed by atoms with Crippen molar-refractivity contribution in [1.29, 1.82) is 0 Å². The normalized spacial score (nSPS) is 15.3. The molecular formula is C17H18N4O2. The summed E-state index contributed by atoms with van der Waals surface area (Å²) in [6.45, 7) is 0.519. The summed E-state index contributed by atoms with van der Waals surface area (Å²) >= 11 is 0. The molecule has 1 N–H and O–H groups in total. The van der Waals surface area contributed by atoms with Gasteiger partial charge in [0.2, 0.25) is 0 Å². The molecule has 1 aromatic carbocycles. The van der Waals surface area contributed by atoms with Crippen molar-refractivity contribution in [2.24, 2.45) is 0 Å². The van der Waals surface area contributed by atoms with Crippen molar-refractivity contribution in [3.05, 3.63) is 65.1 Å².